The number of amides is 1. The van der Waals surface area contributed by atoms with E-state index >= 15 is 0 Å². The van der Waals surface area contributed by atoms with Gasteiger partial charge in [0.2, 0.25) is 0 Å². The molecular weight excluding hydrogens is 555 g/mol. The number of carbonyl (C=O) groups is 2. The highest BCUT2D eigenvalue weighted by Crippen LogP contribution is 2.46. The van der Waals surface area contributed by atoms with Gasteiger partial charge in [-0.05, 0) is 86.6 Å². The molecule has 0 radical (unpaired) electrons. The van der Waals surface area contributed by atoms with Crippen molar-refractivity contribution in [3.05, 3.63) is 82.9 Å². The first-order chi connectivity index (χ1) is 21.1. The van der Waals surface area contributed by atoms with Crippen molar-refractivity contribution >= 4 is 25.0 Å². The number of likely N-dealkylation sites (tertiary alicyclic amines) is 1. The molecule has 9 heteroatoms. The summed E-state index contributed by atoms with van der Waals surface area (Å²) in [5, 5.41) is 13.3. The van der Waals surface area contributed by atoms with Gasteiger partial charge in [-0.15, -0.1) is 0 Å². The van der Waals surface area contributed by atoms with Crippen molar-refractivity contribution in [3.8, 4) is 16.9 Å². The molecule has 3 aromatic carbocycles. The van der Waals surface area contributed by atoms with Crippen LogP contribution in [0.2, 0.25) is 0 Å². The number of nitrogens with one attached hydrogen (secondary N) is 1. The minimum atomic E-state index is -0.880. The number of rotatable bonds is 5. The van der Waals surface area contributed by atoms with Crippen molar-refractivity contribution in [3.63, 3.8) is 0 Å². The Kier molecular flexibility index (Phi) is 10.9. The lowest BCUT2D eigenvalue weighted by Gasteiger charge is -2.38. The molecule has 3 heterocycles. The Hall–Kier alpha value is -3.66. The maximum Gasteiger partial charge on any atom is 0.491 e. The normalized spacial score (nSPS) is 16.1. The zero-order valence-corrected chi connectivity index (χ0v) is 26.8. The van der Waals surface area contributed by atoms with Gasteiger partial charge >= 0.3 is 7.12 Å². The highest BCUT2D eigenvalue weighted by Gasteiger charge is 2.44. The number of carbonyl (C=O) groups excluding carboxylic acids is 2. The van der Waals surface area contributed by atoms with E-state index in [2.05, 4.69) is 28.3 Å². The summed E-state index contributed by atoms with van der Waals surface area (Å²) in [7, 11) is 1.08. The highest BCUT2D eigenvalue weighted by atomic mass is 16.5. The van der Waals surface area contributed by atoms with Gasteiger partial charge in [0.25, 0.3) is 12.4 Å². The summed E-state index contributed by atoms with van der Waals surface area (Å²) in [5.74, 6) is 1.05. The molecule has 234 valence electrons. The lowest BCUT2D eigenvalue weighted by atomic mass is 9.74. The van der Waals surface area contributed by atoms with E-state index in [-0.39, 0.29) is 16.9 Å². The van der Waals surface area contributed by atoms with Gasteiger partial charge in [-0.2, -0.15) is 0 Å². The van der Waals surface area contributed by atoms with E-state index in [9.17, 15) is 14.6 Å². The third kappa shape index (κ3) is 7.34. The molecule has 6 rings (SSSR count). The fraction of sp³-hybridized carbons (Fsp3) is 0.429. The topological polar surface area (TPSA) is 97.3 Å². The fourth-order valence-corrected chi connectivity index (χ4v) is 5.94. The van der Waals surface area contributed by atoms with E-state index in [1.54, 1.807) is 0 Å². The first-order valence-corrected chi connectivity index (χ1v) is 15.5. The predicted octanol–water partition coefficient (Wildman–Crippen LogP) is 4.84. The average molecular weight is 601 g/mol. The van der Waals surface area contributed by atoms with Crippen LogP contribution in [0.3, 0.4) is 0 Å². The van der Waals surface area contributed by atoms with Gasteiger partial charge in [0.1, 0.15) is 11.4 Å². The maximum absolute atomic E-state index is 13.5. The molecule has 0 saturated carbocycles. The molecule has 3 aliphatic rings. The van der Waals surface area contributed by atoms with Gasteiger partial charge in [0.15, 0.2) is 0 Å². The van der Waals surface area contributed by atoms with Crippen LogP contribution in [0.5, 0.6) is 5.75 Å². The quantitative estimate of drug-likeness (QED) is 0.320. The number of piperidine rings is 1. The number of nitrogens with zero attached hydrogens (tertiary/aromatic N) is 1. The SMILES string of the molecule is CC.CC(C)(C)OC=O.CNCc1ccc2c(c1)C1(CCN(C(=O)c3cccc(-c4cccc5c4COB5O)c3)CC1)CO2. The zero-order valence-electron chi connectivity index (χ0n) is 26.8. The van der Waals surface area contributed by atoms with Crippen molar-refractivity contribution < 1.29 is 28.7 Å². The molecule has 3 aromatic rings. The molecule has 1 spiro atoms. The zero-order chi connectivity index (χ0) is 31.9. The van der Waals surface area contributed by atoms with Gasteiger partial charge in [-0.25, -0.2) is 0 Å². The monoisotopic (exact) mass is 600 g/mol. The number of benzene rings is 3. The van der Waals surface area contributed by atoms with Crippen LogP contribution in [0.4, 0.5) is 0 Å². The van der Waals surface area contributed by atoms with Crippen molar-refractivity contribution in [1.29, 1.82) is 0 Å². The molecule has 0 aromatic heterocycles. The first kappa shape index (κ1) is 33.2. The molecule has 2 N–H and O–H groups in total. The van der Waals surface area contributed by atoms with Crippen LogP contribution in [0, 0.1) is 0 Å². The summed E-state index contributed by atoms with van der Waals surface area (Å²) in [6, 6.07) is 20.1. The minimum Gasteiger partial charge on any atom is -0.492 e. The molecule has 1 amide bonds. The number of hydrogen-bond acceptors (Lipinski definition) is 7. The minimum absolute atomic E-state index is 0.0108. The Morgan fingerprint density at radius 1 is 1.09 bits per heavy atom. The molecule has 0 atom stereocenters. The van der Waals surface area contributed by atoms with Crippen molar-refractivity contribution in [2.24, 2.45) is 0 Å². The largest absolute Gasteiger partial charge is 0.492 e. The maximum atomic E-state index is 13.5. The Balaban J connectivity index is 0.000000435. The van der Waals surface area contributed by atoms with Crippen LogP contribution in [-0.2, 0) is 32.8 Å². The molecule has 0 unspecified atom stereocenters. The first-order valence-electron chi connectivity index (χ1n) is 15.5. The summed E-state index contributed by atoms with van der Waals surface area (Å²) in [5.41, 5.74) is 6.68. The highest BCUT2D eigenvalue weighted by molar-refractivity contribution is 6.61. The number of ether oxygens (including phenoxy) is 2. The smallest absolute Gasteiger partial charge is 0.491 e. The van der Waals surface area contributed by atoms with Crippen LogP contribution in [0.15, 0.2) is 60.7 Å². The van der Waals surface area contributed by atoms with Gasteiger partial charge in [-0.1, -0.05) is 56.3 Å². The summed E-state index contributed by atoms with van der Waals surface area (Å²) >= 11 is 0. The van der Waals surface area contributed by atoms with Crippen molar-refractivity contribution in [1.82, 2.24) is 10.2 Å². The van der Waals surface area contributed by atoms with E-state index < -0.39 is 7.12 Å². The summed E-state index contributed by atoms with van der Waals surface area (Å²) in [4.78, 5) is 25.1. The summed E-state index contributed by atoms with van der Waals surface area (Å²) in [6.07, 6.45) is 1.80. The Labute approximate surface area is 261 Å². The molecule has 3 aliphatic heterocycles. The second-order valence-electron chi connectivity index (χ2n) is 12.2. The lowest BCUT2D eigenvalue weighted by molar-refractivity contribution is -0.138. The summed E-state index contributed by atoms with van der Waals surface area (Å²) < 4.78 is 16.0. The van der Waals surface area contributed by atoms with E-state index in [0.717, 1.165) is 47.3 Å². The van der Waals surface area contributed by atoms with Crippen LogP contribution in [0.25, 0.3) is 11.1 Å². The number of fused-ring (bicyclic) bond motifs is 3. The van der Waals surface area contributed by atoms with Crippen LogP contribution in [0.1, 0.15) is 74.5 Å². The lowest BCUT2D eigenvalue weighted by Crippen LogP contribution is -2.46. The molecular formula is C35H45BN2O6. The fourth-order valence-electron chi connectivity index (χ4n) is 5.94. The van der Waals surface area contributed by atoms with Gasteiger partial charge in [-0.3, -0.25) is 9.59 Å². The van der Waals surface area contributed by atoms with Crippen LogP contribution in [-0.4, -0.2) is 61.8 Å². The molecule has 1 saturated heterocycles. The van der Waals surface area contributed by atoms with Gasteiger partial charge in [0.05, 0.1) is 13.2 Å². The molecule has 0 bridgehead atoms. The van der Waals surface area contributed by atoms with E-state index in [1.165, 1.54) is 11.1 Å². The van der Waals surface area contributed by atoms with Crippen molar-refractivity contribution in [2.75, 3.05) is 26.7 Å². The number of hydrogen-bond donors (Lipinski definition) is 2. The van der Waals surface area contributed by atoms with Gasteiger partial charge < -0.3 is 29.4 Å². The molecule has 44 heavy (non-hydrogen) atoms. The second kappa shape index (κ2) is 14.4. The predicted molar refractivity (Wildman–Crippen MR) is 174 cm³/mol. The Morgan fingerprint density at radius 3 is 2.48 bits per heavy atom. The molecule has 8 nitrogen and oxygen atoms in total. The van der Waals surface area contributed by atoms with Crippen LogP contribution < -0.4 is 15.5 Å². The molecule has 1 fully saturated rings. The van der Waals surface area contributed by atoms with Crippen molar-refractivity contribution in [2.45, 2.75) is 71.6 Å². The van der Waals surface area contributed by atoms with Crippen LogP contribution >= 0.6 is 0 Å². The molecule has 0 aliphatic carbocycles. The second-order valence-corrected chi connectivity index (χ2v) is 12.2. The Morgan fingerprint density at radius 2 is 1.82 bits per heavy atom. The van der Waals surface area contributed by atoms with Gasteiger partial charge in [0, 0.05) is 36.2 Å². The Bertz CT molecular complexity index is 1450. The van der Waals surface area contributed by atoms with E-state index in [4.69, 9.17) is 9.39 Å². The van der Waals surface area contributed by atoms with E-state index in [1.807, 2.05) is 89.0 Å². The summed E-state index contributed by atoms with van der Waals surface area (Å²) in [6.45, 7) is 13.2. The standard InChI is InChI=1S/C28H29BN2O4.C5H10O2.C2H6/c1-30-16-19-8-9-26-24(14-19)28(18-34-26)10-12-31(13-11-28)27(32)21-5-2-4-20(15-21)22-6-3-7-25-23(22)17-35-29(25)33;1-5(2,3)7-4-6;1-2/h2-9,14-15,30,33H,10-13,16-18H2,1H3;4H,1-3H3;1-2H3. The average Bonchev–Trinajstić information content (AvgIpc) is 3.58. The van der Waals surface area contributed by atoms with E-state index in [0.29, 0.717) is 38.3 Å². The third-order valence-electron chi connectivity index (χ3n) is 8.19. The third-order valence-corrected chi connectivity index (χ3v) is 8.19.